The third kappa shape index (κ3) is 3.29. The van der Waals surface area contributed by atoms with Crippen molar-refractivity contribution >= 4 is 11.9 Å². The molecular formula is C13H14FNO4. The Kier molecular flexibility index (Phi) is 4.11. The number of halogens is 1. The molecule has 19 heavy (non-hydrogen) atoms. The van der Waals surface area contributed by atoms with Crippen LogP contribution in [0.4, 0.5) is 4.39 Å². The lowest BCUT2D eigenvalue weighted by molar-refractivity contribution is 0.0683. The molecule has 0 aliphatic carbocycles. The summed E-state index contributed by atoms with van der Waals surface area (Å²) in [7, 11) is 0. The maximum Gasteiger partial charge on any atom is 0.335 e. The number of hydrogen-bond acceptors (Lipinski definition) is 3. The van der Waals surface area contributed by atoms with Crippen molar-refractivity contribution in [1.82, 2.24) is 5.32 Å². The molecule has 0 atom stereocenters. The Balaban J connectivity index is 2.08. The first kappa shape index (κ1) is 13.5. The number of aromatic carboxylic acids is 1. The molecule has 1 aliphatic heterocycles. The van der Waals surface area contributed by atoms with Crippen LogP contribution in [0.15, 0.2) is 18.2 Å². The van der Waals surface area contributed by atoms with Gasteiger partial charge >= 0.3 is 5.97 Å². The summed E-state index contributed by atoms with van der Waals surface area (Å²) in [6.45, 7) is 1.15. The summed E-state index contributed by atoms with van der Waals surface area (Å²) in [5, 5.41) is 11.4. The molecule has 6 heteroatoms. The van der Waals surface area contributed by atoms with Crippen molar-refractivity contribution in [3.05, 3.63) is 35.1 Å². The summed E-state index contributed by atoms with van der Waals surface area (Å²) < 4.78 is 18.8. The van der Waals surface area contributed by atoms with Gasteiger partial charge in [-0.15, -0.1) is 0 Å². The Bertz CT molecular complexity index is 497. The topological polar surface area (TPSA) is 75.6 Å². The summed E-state index contributed by atoms with van der Waals surface area (Å²) in [6, 6.07) is 3.22. The normalized spacial score (nSPS) is 16.1. The van der Waals surface area contributed by atoms with Crippen LogP contribution in [0.25, 0.3) is 0 Å². The first-order chi connectivity index (χ1) is 9.08. The highest BCUT2D eigenvalue weighted by Gasteiger charge is 2.19. The molecule has 0 aromatic heterocycles. The molecular weight excluding hydrogens is 253 g/mol. The highest BCUT2D eigenvalue weighted by Crippen LogP contribution is 2.13. The lowest BCUT2D eigenvalue weighted by atomic mass is 10.1. The van der Waals surface area contributed by atoms with Crippen LogP contribution >= 0.6 is 0 Å². The zero-order valence-corrected chi connectivity index (χ0v) is 10.2. The van der Waals surface area contributed by atoms with Gasteiger partial charge in [0.05, 0.1) is 11.1 Å². The lowest BCUT2D eigenvalue weighted by Crippen LogP contribution is -2.39. The largest absolute Gasteiger partial charge is 0.478 e. The monoisotopic (exact) mass is 267 g/mol. The van der Waals surface area contributed by atoms with Crippen LogP contribution in [0.2, 0.25) is 0 Å². The Morgan fingerprint density at radius 3 is 2.58 bits per heavy atom. The van der Waals surface area contributed by atoms with Crippen LogP contribution in [0, 0.1) is 5.82 Å². The van der Waals surface area contributed by atoms with Gasteiger partial charge in [-0.3, -0.25) is 4.79 Å². The molecule has 2 rings (SSSR count). The molecule has 1 aliphatic rings. The summed E-state index contributed by atoms with van der Waals surface area (Å²) in [5.41, 5.74) is -0.323. The minimum Gasteiger partial charge on any atom is -0.478 e. The van der Waals surface area contributed by atoms with Crippen molar-refractivity contribution in [1.29, 1.82) is 0 Å². The zero-order valence-electron chi connectivity index (χ0n) is 10.2. The van der Waals surface area contributed by atoms with Gasteiger partial charge in [-0.1, -0.05) is 0 Å². The Morgan fingerprint density at radius 2 is 2.00 bits per heavy atom. The minimum absolute atomic E-state index is 0.0280. The summed E-state index contributed by atoms with van der Waals surface area (Å²) in [5.74, 6) is -2.58. The number of carbonyl (C=O) groups excluding carboxylic acids is 1. The summed E-state index contributed by atoms with van der Waals surface area (Å²) in [6.07, 6.45) is 1.39. The smallest absolute Gasteiger partial charge is 0.335 e. The second kappa shape index (κ2) is 5.79. The number of hydrogen-bond donors (Lipinski definition) is 2. The molecule has 0 unspecified atom stereocenters. The fourth-order valence-corrected chi connectivity index (χ4v) is 1.94. The van der Waals surface area contributed by atoms with E-state index in [0.29, 0.717) is 26.1 Å². The van der Waals surface area contributed by atoms with Crippen LogP contribution in [0.5, 0.6) is 0 Å². The molecule has 1 saturated heterocycles. The Morgan fingerprint density at radius 1 is 1.32 bits per heavy atom. The van der Waals surface area contributed by atoms with E-state index >= 15 is 0 Å². The van der Waals surface area contributed by atoms with E-state index in [1.165, 1.54) is 12.1 Å². The molecule has 1 amide bonds. The van der Waals surface area contributed by atoms with E-state index < -0.39 is 17.7 Å². The third-order valence-corrected chi connectivity index (χ3v) is 3.02. The van der Waals surface area contributed by atoms with Crippen LogP contribution in [-0.2, 0) is 4.74 Å². The number of amides is 1. The van der Waals surface area contributed by atoms with Crippen LogP contribution in [-0.4, -0.2) is 36.2 Å². The lowest BCUT2D eigenvalue weighted by Gasteiger charge is -2.23. The molecule has 0 bridgehead atoms. The Labute approximate surface area is 109 Å². The predicted octanol–water partition coefficient (Wildman–Crippen LogP) is 1.43. The van der Waals surface area contributed by atoms with Crippen molar-refractivity contribution in [3.8, 4) is 0 Å². The first-order valence-corrected chi connectivity index (χ1v) is 5.99. The van der Waals surface area contributed by atoms with E-state index in [-0.39, 0.29) is 17.2 Å². The second-order valence-electron chi connectivity index (χ2n) is 4.36. The van der Waals surface area contributed by atoms with Crippen molar-refractivity contribution < 1.29 is 23.8 Å². The fourth-order valence-electron chi connectivity index (χ4n) is 1.94. The number of benzene rings is 1. The van der Waals surface area contributed by atoms with E-state index in [2.05, 4.69) is 5.32 Å². The average molecular weight is 267 g/mol. The number of ether oxygens (including phenoxy) is 1. The minimum atomic E-state index is -1.23. The van der Waals surface area contributed by atoms with Crippen LogP contribution < -0.4 is 5.32 Å². The van der Waals surface area contributed by atoms with Gasteiger partial charge in [0.2, 0.25) is 0 Å². The number of carboxylic acids is 1. The molecule has 2 N–H and O–H groups in total. The van der Waals surface area contributed by atoms with Gasteiger partial charge in [0.15, 0.2) is 0 Å². The number of carboxylic acid groups (broad SMARTS) is 1. The van der Waals surface area contributed by atoms with Gasteiger partial charge < -0.3 is 15.2 Å². The molecule has 0 saturated carbocycles. The Hall–Kier alpha value is -1.95. The molecule has 1 fully saturated rings. The molecule has 0 spiro atoms. The number of carbonyl (C=O) groups is 2. The zero-order chi connectivity index (χ0) is 13.8. The highest BCUT2D eigenvalue weighted by molar-refractivity contribution is 5.96. The van der Waals surface area contributed by atoms with E-state index in [4.69, 9.17) is 9.84 Å². The van der Waals surface area contributed by atoms with E-state index in [0.717, 1.165) is 6.07 Å². The van der Waals surface area contributed by atoms with Gasteiger partial charge in [-0.2, -0.15) is 0 Å². The average Bonchev–Trinajstić information content (AvgIpc) is 2.39. The fraction of sp³-hybridized carbons (Fsp3) is 0.385. The van der Waals surface area contributed by atoms with Gasteiger partial charge in [0.25, 0.3) is 5.91 Å². The highest BCUT2D eigenvalue weighted by atomic mass is 19.1. The molecule has 1 heterocycles. The van der Waals surface area contributed by atoms with Crippen molar-refractivity contribution in [3.63, 3.8) is 0 Å². The maximum absolute atomic E-state index is 13.7. The molecule has 102 valence electrons. The molecule has 1 aromatic carbocycles. The summed E-state index contributed by atoms with van der Waals surface area (Å²) in [4.78, 5) is 22.5. The van der Waals surface area contributed by atoms with Gasteiger partial charge in [-0.05, 0) is 31.0 Å². The summed E-state index contributed by atoms with van der Waals surface area (Å²) >= 11 is 0. The van der Waals surface area contributed by atoms with Gasteiger partial charge in [-0.25, -0.2) is 9.18 Å². The molecule has 0 radical (unpaired) electrons. The predicted molar refractivity (Wildman–Crippen MR) is 64.7 cm³/mol. The number of rotatable bonds is 3. The van der Waals surface area contributed by atoms with E-state index in [9.17, 15) is 14.0 Å². The SMILES string of the molecule is O=C(O)c1ccc(C(=O)NC2CCOCC2)c(F)c1. The van der Waals surface area contributed by atoms with Crippen LogP contribution in [0.1, 0.15) is 33.6 Å². The van der Waals surface area contributed by atoms with Crippen LogP contribution in [0.3, 0.4) is 0 Å². The van der Waals surface area contributed by atoms with Gasteiger partial charge in [0.1, 0.15) is 5.82 Å². The third-order valence-electron chi connectivity index (χ3n) is 3.02. The quantitative estimate of drug-likeness (QED) is 0.868. The van der Waals surface area contributed by atoms with Crippen molar-refractivity contribution in [2.75, 3.05) is 13.2 Å². The van der Waals surface area contributed by atoms with E-state index in [1.807, 2.05) is 0 Å². The molecule has 1 aromatic rings. The van der Waals surface area contributed by atoms with E-state index in [1.54, 1.807) is 0 Å². The first-order valence-electron chi connectivity index (χ1n) is 5.99. The van der Waals surface area contributed by atoms with Gasteiger partial charge in [0, 0.05) is 19.3 Å². The van der Waals surface area contributed by atoms with Crippen molar-refractivity contribution in [2.24, 2.45) is 0 Å². The number of nitrogens with one attached hydrogen (secondary N) is 1. The maximum atomic E-state index is 13.7. The molecule has 5 nitrogen and oxygen atoms in total. The standard InChI is InChI=1S/C13H14FNO4/c14-11-7-8(13(17)18)1-2-10(11)12(16)15-9-3-5-19-6-4-9/h1-2,7,9H,3-6H2,(H,15,16)(H,17,18). The second-order valence-corrected chi connectivity index (χ2v) is 4.36. The van der Waals surface area contributed by atoms with Crippen molar-refractivity contribution in [2.45, 2.75) is 18.9 Å².